The fraction of sp³-hybridized carbons (Fsp3) is 0.105. The van der Waals surface area contributed by atoms with Crippen molar-refractivity contribution in [1.29, 1.82) is 0 Å². The predicted molar refractivity (Wildman–Crippen MR) is 97.9 cm³/mol. The van der Waals surface area contributed by atoms with Crippen LogP contribution in [0, 0.1) is 0 Å². The van der Waals surface area contributed by atoms with E-state index in [1.807, 2.05) is 36.4 Å². The molecule has 0 saturated heterocycles. The van der Waals surface area contributed by atoms with E-state index in [1.165, 1.54) is 10.3 Å². The third-order valence-electron chi connectivity index (χ3n) is 3.70. The molecule has 110 valence electrons. The zero-order valence-electron chi connectivity index (χ0n) is 12.2. The van der Waals surface area contributed by atoms with Gasteiger partial charge in [-0.25, -0.2) is 0 Å². The van der Waals surface area contributed by atoms with E-state index < -0.39 is 0 Å². The van der Waals surface area contributed by atoms with Gasteiger partial charge in [0.05, 0.1) is 0 Å². The molecule has 0 heterocycles. The molecule has 0 aliphatic rings. The van der Waals surface area contributed by atoms with Crippen molar-refractivity contribution in [2.75, 3.05) is 6.26 Å². The first kappa shape index (κ1) is 15.3. The number of ketones is 1. The molecule has 0 unspecified atom stereocenters. The molecule has 0 aliphatic heterocycles. The van der Waals surface area contributed by atoms with Crippen LogP contribution in [0.4, 0.5) is 0 Å². The number of rotatable bonds is 4. The van der Waals surface area contributed by atoms with Crippen LogP contribution in [-0.2, 0) is 6.42 Å². The average Bonchev–Trinajstić information content (AvgIpc) is 2.56. The molecular formula is C19H15BrOS. The van der Waals surface area contributed by atoms with E-state index in [-0.39, 0.29) is 5.78 Å². The van der Waals surface area contributed by atoms with Crippen LogP contribution in [-0.4, -0.2) is 12.0 Å². The minimum atomic E-state index is 0.153. The third-order valence-corrected chi connectivity index (χ3v) is 5.17. The number of carbonyl (C=O) groups is 1. The van der Waals surface area contributed by atoms with Crippen molar-refractivity contribution in [3.05, 3.63) is 76.3 Å². The zero-order valence-corrected chi connectivity index (χ0v) is 14.6. The van der Waals surface area contributed by atoms with Crippen LogP contribution in [0.3, 0.4) is 0 Å². The van der Waals surface area contributed by atoms with Crippen LogP contribution in [0.25, 0.3) is 10.8 Å². The second kappa shape index (κ2) is 6.67. The molecule has 0 amide bonds. The Kier molecular flexibility index (Phi) is 4.65. The molecule has 0 saturated carbocycles. The summed E-state index contributed by atoms with van der Waals surface area (Å²) in [6, 6.07) is 19.8. The SMILES string of the molecule is CSc1ccc(Br)c2cccc(CC(=O)c3ccccc3)c12. The highest BCUT2D eigenvalue weighted by Crippen LogP contribution is 2.34. The highest BCUT2D eigenvalue weighted by molar-refractivity contribution is 9.10. The van der Waals surface area contributed by atoms with E-state index in [1.54, 1.807) is 11.8 Å². The quantitative estimate of drug-likeness (QED) is 0.429. The summed E-state index contributed by atoms with van der Waals surface area (Å²) in [4.78, 5) is 13.7. The number of thioether (sulfide) groups is 1. The molecule has 0 bridgehead atoms. The first-order valence-corrected chi connectivity index (χ1v) is 9.05. The van der Waals surface area contributed by atoms with E-state index in [0.717, 1.165) is 21.0 Å². The number of halogens is 1. The van der Waals surface area contributed by atoms with Crippen molar-refractivity contribution in [1.82, 2.24) is 0 Å². The summed E-state index contributed by atoms with van der Waals surface area (Å²) in [6.45, 7) is 0. The van der Waals surface area contributed by atoms with Gasteiger partial charge in [-0.05, 0) is 29.3 Å². The summed E-state index contributed by atoms with van der Waals surface area (Å²) in [6.07, 6.45) is 2.49. The van der Waals surface area contributed by atoms with Gasteiger partial charge < -0.3 is 0 Å². The lowest BCUT2D eigenvalue weighted by Gasteiger charge is -2.11. The van der Waals surface area contributed by atoms with Crippen LogP contribution < -0.4 is 0 Å². The van der Waals surface area contributed by atoms with Gasteiger partial charge in [0.1, 0.15) is 0 Å². The zero-order chi connectivity index (χ0) is 15.5. The van der Waals surface area contributed by atoms with E-state index >= 15 is 0 Å². The molecule has 0 N–H and O–H groups in total. The monoisotopic (exact) mass is 370 g/mol. The molecule has 0 radical (unpaired) electrons. The van der Waals surface area contributed by atoms with Crippen LogP contribution in [0.5, 0.6) is 0 Å². The number of hydrogen-bond donors (Lipinski definition) is 0. The number of Topliss-reactive ketones (excluding diaryl/α,β-unsaturated/α-hetero) is 1. The highest BCUT2D eigenvalue weighted by Gasteiger charge is 2.13. The Morgan fingerprint density at radius 2 is 1.77 bits per heavy atom. The van der Waals surface area contributed by atoms with Crippen molar-refractivity contribution in [2.45, 2.75) is 11.3 Å². The number of carbonyl (C=O) groups excluding carboxylic acids is 1. The molecule has 3 rings (SSSR count). The summed E-state index contributed by atoms with van der Waals surface area (Å²) >= 11 is 5.32. The number of benzene rings is 3. The van der Waals surface area contributed by atoms with Crippen molar-refractivity contribution in [3.8, 4) is 0 Å². The molecular weight excluding hydrogens is 356 g/mol. The number of fused-ring (bicyclic) bond motifs is 1. The van der Waals surface area contributed by atoms with Gasteiger partial charge in [0.25, 0.3) is 0 Å². The maximum atomic E-state index is 12.5. The van der Waals surface area contributed by atoms with Crippen molar-refractivity contribution in [3.63, 3.8) is 0 Å². The minimum Gasteiger partial charge on any atom is -0.294 e. The number of hydrogen-bond acceptors (Lipinski definition) is 2. The standard InChI is InChI=1S/C19H15BrOS/c1-22-18-11-10-16(20)15-9-5-8-14(19(15)18)12-17(21)13-6-3-2-4-7-13/h2-11H,12H2,1H3. The fourth-order valence-corrected chi connectivity index (χ4v) is 3.74. The lowest BCUT2D eigenvalue weighted by molar-refractivity contribution is 0.0993. The Hall–Kier alpha value is -1.58. The van der Waals surface area contributed by atoms with Gasteiger partial charge in [-0.1, -0.05) is 64.5 Å². The minimum absolute atomic E-state index is 0.153. The first-order valence-electron chi connectivity index (χ1n) is 7.03. The van der Waals surface area contributed by atoms with E-state index in [0.29, 0.717) is 6.42 Å². The fourth-order valence-electron chi connectivity index (χ4n) is 2.63. The van der Waals surface area contributed by atoms with Gasteiger partial charge in [-0.2, -0.15) is 0 Å². The molecule has 0 atom stereocenters. The summed E-state index contributed by atoms with van der Waals surface area (Å²) in [5, 5.41) is 2.33. The highest BCUT2D eigenvalue weighted by atomic mass is 79.9. The molecule has 3 aromatic carbocycles. The molecule has 1 nitrogen and oxygen atoms in total. The van der Waals surface area contributed by atoms with Crippen LogP contribution in [0.2, 0.25) is 0 Å². The van der Waals surface area contributed by atoms with Gasteiger partial charge in [0.2, 0.25) is 0 Å². The van der Waals surface area contributed by atoms with E-state index in [4.69, 9.17) is 0 Å². The summed E-state index contributed by atoms with van der Waals surface area (Å²) in [5.74, 6) is 0.153. The maximum Gasteiger partial charge on any atom is 0.167 e. The second-order valence-electron chi connectivity index (χ2n) is 5.06. The third kappa shape index (κ3) is 2.96. The molecule has 22 heavy (non-hydrogen) atoms. The van der Waals surface area contributed by atoms with Gasteiger partial charge >= 0.3 is 0 Å². The molecule has 0 spiro atoms. The molecule has 0 fully saturated rings. The van der Waals surface area contributed by atoms with Crippen LogP contribution >= 0.6 is 27.7 Å². The summed E-state index contributed by atoms with van der Waals surface area (Å²) < 4.78 is 1.06. The normalized spacial score (nSPS) is 10.8. The molecule has 3 aromatic rings. The Balaban J connectivity index is 2.08. The maximum absolute atomic E-state index is 12.5. The molecule has 0 aliphatic carbocycles. The topological polar surface area (TPSA) is 17.1 Å². The Morgan fingerprint density at radius 3 is 2.50 bits per heavy atom. The molecule has 0 aromatic heterocycles. The lowest BCUT2D eigenvalue weighted by Crippen LogP contribution is -2.04. The van der Waals surface area contributed by atoms with Gasteiger partial charge in [-0.3, -0.25) is 4.79 Å². The smallest absolute Gasteiger partial charge is 0.167 e. The average molecular weight is 371 g/mol. The van der Waals surface area contributed by atoms with Crippen molar-refractivity contribution in [2.24, 2.45) is 0 Å². The van der Waals surface area contributed by atoms with Crippen LogP contribution in [0.15, 0.2) is 70.0 Å². The van der Waals surface area contributed by atoms with Gasteiger partial charge in [0, 0.05) is 26.7 Å². The summed E-state index contributed by atoms with van der Waals surface area (Å²) in [5.41, 5.74) is 1.84. The lowest BCUT2D eigenvalue weighted by atomic mass is 9.97. The first-order chi connectivity index (χ1) is 10.7. The summed E-state index contributed by atoms with van der Waals surface area (Å²) in [7, 11) is 0. The van der Waals surface area contributed by atoms with E-state index in [2.05, 4.69) is 46.5 Å². The predicted octanol–water partition coefficient (Wildman–Crippen LogP) is 5.75. The second-order valence-corrected chi connectivity index (χ2v) is 6.76. The molecule has 3 heteroatoms. The largest absolute Gasteiger partial charge is 0.294 e. The Bertz CT molecular complexity index is 827. The van der Waals surface area contributed by atoms with E-state index in [9.17, 15) is 4.79 Å². The Morgan fingerprint density at radius 1 is 1.00 bits per heavy atom. The van der Waals surface area contributed by atoms with Crippen LogP contribution in [0.1, 0.15) is 15.9 Å². The van der Waals surface area contributed by atoms with Gasteiger partial charge in [0.15, 0.2) is 5.78 Å². The van der Waals surface area contributed by atoms with Crippen molar-refractivity contribution < 1.29 is 4.79 Å². The van der Waals surface area contributed by atoms with Crippen molar-refractivity contribution >= 4 is 44.2 Å². The Labute approximate surface area is 142 Å². The van der Waals surface area contributed by atoms with Gasteiger partial charge in [-0.15, -0.1) is 11.8 Å².